The highest BCUT2D eigenvalue weighted by atomic mass is 19.4. The van der Waals surface area contributed by atoms with Gasteiger partial charge in [0.05, 0.1) is 0 Å². The van der Waals surface area contributed by atoms with Crippen LogP contribution in [0, 0.1) is 0 Å². The molecule has 0 aromatic carbocycles. The molecule has 0 aliphatic carbocycles. The lowest BCUT2D eigenvalue weighted by molar-refractivity contribution is -0.141. The quantitative estimate of drug-likeness (QED) is 0.769. The number of anilines is 2. The van der Waals surface area contributed by atoms with Gasteiger partial charge in [-0.05, 0) is 6.42 Å². The van der Waals surface area contributed by atoms with E-state index in [1.54, 1.807) is 7.11 Å². The van der Waals surface area contributed by atoms with Crippen molar-refractivity contribution in [1.82, 2.24) is 9.97 Å². The Labute approximate surface area is 103 Å². The maximum Gasteiger partial charge on any atom is 0.433 e. The van der Waals surface area contributed by atoms with Crippen LogP contribution in [0.15, 0.2) is 6.07 Å². The number of hydrogen-bond acceptors (Lipinski definition) is 5. The molecular formula is C10H15F3N4O. The summed E-state index contributed by atoms with van der Waals surface area (Å²) in [6, 6.07) is 0.883. The third-order valence-electron chi connectivity index (χ3n) is 2.07. The van der Waals surface area contributed by atoms with E-state index in [0.29, 0.717) is 19.6 Å². The van der Waals surface area contributed by atoms with E-state index in [-0.39, 0.29) is 11.8 Å². The minimum absolute atomic E-state index is 0.0703. The number of methoxy groups -OCH3 is 1. The molecule has 0 fully saturated rings. The van der Waals surface area contributed by atoms with Crippen LogP contribution < -0.4 is 10.6 Å². The highest BCUT2D eigenvalue weighted by Gasteiger charge is 2.33. The van der Waals surface area contributed by atoms with Crippen molar-refractivity contribution in [3.8, 4) is 0 Å². The summed E-state index contributed by atoms with van der Waals surface area (Å²) in [7, 11) is 3.02. The largest absolute Gasteiger partial charge is 0.433 e. The molecule has 1 aromatic heterocycles. The lowest BCUT2D eigenvalue weighted by Gasteiger charge is -2.11. The summed E-state index contributed by atoms with van der Waals surface area (Å²) in [6.07, 6.45) is -3.81. The average molecular weight is 264 g/mol. The lowest BCUT2D eigenvalue weighted by atomic mass is 10.3. The summed E-state index contributed by atoms with van der Waals surface area (Å²) in [5.41, 5.74) is -0.976. The van der Waals surface area contributed by atoms with Gasteiger partial charge in [0.25, 0.3) is 0 Å². The third kappa shape index (κ3) is 4.36. The molecule has 1 aromatic rings. The molecule has 102 valence electrons. The van der Waals surface area contributed by atoms with E-state index in [4.69, 9.17) is 4.74 Å². The van der Waals surface area contributed by atoms with Crippen molar-refractivity contribution >= 4 is 11.8 Å². The Morgan fingerprint density at radius 3 is 2.61 bits per heavy atom. The van der Waals surface area contributed by atoms with Gasteiger partial charge in [-0.1, -0.05) is 0 Å². The van der Waals surface area contributed by atoms with E-state index in [1.807, 2.05) is 0 Å². The summed E-state index contributed by atoms with van der Waals surface area (Å²) >= 11 is 0. The van der Waals surface area contributed by atoms with Crippen molar-refractivity contribution in [1.29, 1.82) is 0 Å². The average Bonchev–Trinajstić information content (AvgIpc) is 2.33. The topological polar surface area (TPSA) is 59.1 Å². The molecule has 0 amide bonds. The zero-order valence-corrected chi connectivity index (χ0v) is 10.1. The monoisotopic (exact) mass is 264 g/mol. The Morgan fingerprint density at radius 2 is 2.06 bits per heavy atom. The van der Waals surface area contributed by atoms with Crippen LogP contribution >= 0.6 is 0 Å². The molecule has 5 nitrogen and oxygen atoms in total. The van der Waals surface area contributed by atoms with Gasteiger partial charge in [0, 0.05) is 33.4 Å². The number of rotatable bonds is 6. The summed E-state index contributed by atoms with van der Waals surface area (Å²) in [6.45, 7) is 1.01. The van der Waals surface area contributed by atoms with Crippen molar-refractivity contribution in [2.24, 2.45) is 0 Å². The van der Waals surface area contributed by atoms with Gasteiger partial charge in [0.1, 0.15) is 5.82 Å². The van der Waals surface area contributed by atoms with Crippen molar-refractivity contribution in [2.45, 2.75) is 12.6 Å². The number of nitrogens with one attached hydrogen (secondary N) is 2. The van der Waals surface area contributed by atoms with Crippen LogP contribution in [0.25, 0.3) is 0 Å². The van der Waals surface area contributed by atoms with Crippen LogP contribution in [-0.2, 0) is 10.9 Å². The smallest absolute Gasteiger partial charge is 0.385 e. The summed E-state index contributed by atoms with van der Waals surface area (Å²) in [5.74, 6) is 0.0665. The minimum atomic E-state index is -4.49. The molecule has 8 heteroatoms. The maximum absolute atomic E-state index is 12.6. The van der Waals surface area contributed by atoms with E-state index in [2.05, 4.69) is 20.6 Å². The summed E-state index contributed by atoms with van der Waals surface area (Å²) in [5, 5.41) is 5.29. The molecule has 1 heterocycles. The number of aromatic nitrogens is 2. The Balaban J connectivity index is 2.78. The van der Waals surface area contributed by atoms with Crippen LogP contribution in [-0.4, -0.2) is 37.3 Å². The number of nitrogens with zero attached hydrogens (tertiary/aromatic N) is 2. The van der Waals surface area contributed by atoms with E-state index in [1.165, 1.54) is 7.05 Å². The number of ether oxygens (including phenoxy) is 1. The molecule has 0 atom stereocenters. The van der Waals surface area contributed by atoms with Gasteiger partial charge < -0.3 is 15.4 Å². The third-order valence-corrected chi connectivity index (χ3v) is 2.07. The second-order valence-electron chi connectivity index (χ2n) is 3.48. The van der Waals surface area contributed by atoms with E-state index in [9.17, 15) is 13.2 Å². The first-order chi connectivity index (χ1) is 8.47. The molecule has 0 saturated heterocycles. The van der Waals surface area contributed by atoms with Gasteiger partial charge in [-0.3, -0.25) is 0 Å². The first-order valence-electron chi connectivity index (χ1n) is 5.34. The van der Waals surface area contributed by atoms with Gasteiger partial charge in [0.15, 0.2) is 5.69 Å². The molecule has 18 heavy (non-hydrogen) atoms. The second-order valence-corrected chi connectivity index (χ2v) is 3.48. The summed E-state index contributed by atoms with van der Waals surface area (Å²) < 4.78 is 42.5. The fraction of sp³-hybridized carbons (Fsp3) is 0.600. The molecule has 0 radical (unpaired) electrons. The fourth-order valence-corrected chi connectivity index (χ4v) is 1.23. The molecule has 0 spiro atoms. The van der Waals surface area contributed by atoms with Gasteiger partial charge >= 0.3 is 6.18 Å². The Bertz CT molecular complexity index is 384. The molecule has 0 bridgehead atoms. The molecule has 0 aliphatic heterocycles. The predicted molar refractivity (Wildman–Crippen MR) is 61.6 cm³/mol. The maximum atomic E-state index is 12.6. The van der Waals surface area contributed by atoms with Crippen molar-refractivity contribution in [2.75, 3.05) is 37.9 Å². The molecule has 0 aliphatic rings. The number of alkyl halides is 3. The lowest BCUT2D eigenvalue weighted by Crippen LogP contribution is -2.13. The first kappa shape index (κ1) is 14.5. The van der Waals surface area contributed by atoms with Crippen LogP contribution in [0.2, 0.25) is 0 Å². The molecule has 2 N–H and O–H groups in total. The highest BCUT2D eigenvalue weighted by molar-refractivity contribution is 5.42. The molecule has 0 saturated carbocycles. The van der Waals surface area contributed by atoms with Gasteiger partial charge in [-0.25, -0.2) is 4.98 Å². The Kier molecular flexibility index (Phi) is 5.14. The Hall–Kier alpha value is -1.57. The fourth-order valence-electron chi connectivity index (χ4n) is 1.23. The number of hydrogen-bond donors (Lipinski definition) is 2. The van der Waals surface area contributed by atoms with Crippen LogP contribution in [0.3, 0.4) is 0 Å². The van der Waals surface area contributed by atoms with Crippen LogP contribution in [0.4, 0.5) is 24.9 Å². The predicted octanol–water partition coefficient (Wildman–Crippen LogP) is 1.99. The van der Waals surface area contributed by atoms with Gasteiger partial charge in [0.2, 0.25) is 5.95 Å². The first-order valence-corrected chi connectivity index (χ1v) is 5.34. The van der Waals surface area contributed by atoms with Crippen LogP contribution in [0.5, 0.6) is 0 Å². The van der Waals surface area contributed by atoms with Gasteiger partial charge in [-0.2, -0.15) is 18.2 Å². The highest BCUT2D eigenvalue weighted by Crippen LogP contribution is 2.29. The minimum Gasteiger partial charge on any atom is -0.385 e. The molecule has 0 unspecified atom stereocenters. The summed E-state index contributed by atoms with van der Waals surface area (Å²) in [4.78, 5) is 7.24. The normalized spacial score (nSPS) is 11.4. The standard InChI is InChI=1S/C10H15F3N4O/c1-14-9-16-7(10(11,12)13)6-8(17-9)15-4-3-5-18-2/h6H,3-5H2,1-2H3,(H2,14,15,16,17). The van der Waals surface area contributed by atoms with Crippen molar-refractivity contribution < 1.29 is 17.9 Å². The molecular weight excluding hydrogens is 249 g/mol. The van der Waals surface area contributed by atoms with Crippen LogP contribution in [0.1, 0.15) is 12.1 Å². The van der Waals surface area contributed by atoms with E-state index in [0.717, 1.165) is 6.07 Å². The van der Waals surface area contributed by atoms with Crippen molar-refractivity contribution in [3.63, 3.8) is 0 Å². The SMILES string of the molecule is CNc1nc(NCCCOC)cc(C(F)(F)F)n1. The van der Waals surface area contributed by atoms with E-state index < -0.39 is 11.9 Å². The number of halogens is 3. The van der Waals surface area contributed by atoms with Crippen molar-refractivity contribution in [3.05, 3.63) is 11.8 Å². The zero-order valence-electron chi connectivity index (χ0n) is 10.1. The Morgan fingerprint density at radius 1 is 1.33 bits per heavy atom. The van der Waals surface area contributed by atoms with E-state index >= 15 is 0 Å². The second kappa shape index (κ2) is 6.39. The molecule has 1 rings (SSSR count). The van der Waals surface area contributed by atoms with Gasteiger partial charge in [-0.15, -0.1) is 0 Å². The zero-order chi connectivity index (χ0) is 13.6.